The molecule has 5 nitrogen and oxygen atoms in total. The van der Waals surface area contributed by atoms with E-state index < -0.39 is 5.60 Å². The van der Waals surface area contributed by atoms with E-state index in [0.29, 0.717) is 0 Å². The molecular weight excluding hydrogens is 280 g/mol. The highest BCUT2D eigenvalue weighted by atomic mass is 16.6. The van der Waals surface area contributed by atoms with Crippen LogP contribution in [-0.2, 0) is 9.53 Å². The van der Waals surface area contributed by atoms with E-state index in [9.17, 15) is 9.59 Å². The van der Waals surface area contributed by atoms with Crippen LogP contribution in [0.25, 0.3) is 0 Å². The third-order valence-electron chi connectivity index (χ3n) is 4.52. The Bertz CT molecular complexity index is 389. The maximum absolute atomic E-state index is 12.1. The fourth-order valence-electron chi connectivity index (χ4n) is 3.36. The summed E-state index contributed by atoms with van der Waals surface area (Å²) in [6.45, 7) is 5.59. The molecule has 0 radical (unpaired) electrons. The van der Waals surface area contributed by atoms with Crippen molar-refractivity contribution in [3.63, 3.8) is 0 Å². The molecule has 2 rings (SSSR count). The average molecular weight is 310 g/mol. The average Bonchev–Trinajstić information content (AvgIpc) is 2.92. The molecule has 0 heterocycles. The van der Waals surface area contributed by atoms with Crippen LogP contribution >= 0.6 is 0 Å². The molecule has 0 atom stereocenters. The van der Waals surface area contributed by atoms with Crippen molar-refractivity contribution in [2.75, 3.05) is 0 Å². The summed E-state index contributed by atoms with van der Waals surface area (Å²) in [5.41, 5.74) is -0.462. The van der Waals surface area contributed by atoms with Crippen LogP contribution < -0.4 is 10.6 Å². The van der Waals surface area contributed by atoms with Gasteiger partial charge in [-0.3, -0.25) is 4.79 Å². The summed E-state index contributed by atoms with van der Waals surface area (Å²) in [4.78, 5) is 23.9. The lowest BCUT2D eigenvalue weighted by molar-refractivity contribution is -0.125. The Morgan fingerprint density at radius 3 is 1.86 bits per heavy atom. The van der Waals surface area contributed by atoms with Gasteiger partial charge in [0.15, 0.2) is 0 Å². The first-order valence-electron chi connectivity index (χ1n) is 8.63. The molecule has 0 spiro atoms. The zero-order valence-corrected chi connectivity index (χ0v) is 14.1. The van der Waals surface area contributed by atoms with Crippen LogP contribution in [0.2, 0.25) is 0 Å². The molecule has 0 unspecified atom stereocenters. The van der Waals surface area contributed by atoms with Gasteiger partial charge in [0.2, 0.25) is 5.91 Å². The number of ether oxygens (including phenoxy) is 1. The van der Waals surface area contributed by atoms with Crippen molar-refractivity contribution in [1.29, 1.82) is 0 Å². The van der Waals surface area contributed by atoms with Crippen LogP contribution in [0.5, 0.6) is 0 Å². The number of rotatable bonds is 3. The van der Waals surface area contributed by atoms with Crippen LogP contribution in [0.3, 0.4) is 0 Å². The predicted octanol–water partition coefficient (Wildman–Crippen LogP) is 3.13. The summed E-state index contributed by atoms with van der Waals surface area (Å²) in [7, 11) is 0. The minimum absolute atomic E-state index is 0.162. The zero-order chi connectivity index (χ0) is 16.2. The molecule has 0 saturated heterocycles. The van der Waals surface area contributed by atoms with Crippen LogP contribution in [0, 0.1) is 5.92 Å². The van der Waals surface area contributed by atoms with E-state index in [1.807, 2.05) is 20.8 Å². The maximum atomic E-state index is 12.1. The molecule has 0 aromatic carbocycles. The summed E-state index contributed by atoms with van der Waals surface area (Å²) >= 11 is 0. The molecule has 2 amide bonds. The topological polar surface area (TPSA) is 67.4 Å². The Hall–Kier alpha value is -1.26. The van der Waals surface area contributed by atoms with E-state index >= 15 is 0 Å². The molecule has 0 aromatic heterocycles. The molecule has 5 heteroatoms. The molecule has 0 aromatic rings. The first-order chi connectivity index (χ1) is 10.3. The standard InChI is InChI=1S/C17H30N2O3/c1-17(2,3)22-16(21)19-14-10-8-13(9-11-14)18-15(20)12-6-4-5-7-12/h12-14H,4-11H2,1-3H3,(H,18,20)(H,19,21). The number of nitrogens with one attached hydrogen (secondary N) is 2. The van der Waals surface area contributed by atoms with Crippen molar-refractivity contribution < 1.29 is 14.3 Å². The molecule has 22 heavy (non-hydrogen) atoms. The molecule has 0 aliphatic heterocycles. The number of amides is 2. The fourth-order valence-corrected chi connectivity index (χ4v) is 3.36. The van der Waals surface area contributed by atoms with Crippen molar-refractivity contribution in [2.45, 2.75) is 89.8 Å². The summed E-state index contributed by atoms with van der Waals surface area (Å²) in [6, 6.07) is 0.430. The number of alkyl carbamates (subject to hydrolysis) is 1. The van der Waals surface area contributed by atoms with E-state index in [1.54, 1.807) is 0 Å². The van der Waals surface area contributed by atoms with Gasteiger partial charge in [-0.25, -0.2) is 4.79 Å². The lowest BCUT2D eigenvalue weighted by Crippen LogP contribution is -2.46. The van der Waals surface area contributed by atoms with E-state index in [1.165, 1.54) is 12.8 Å². The second-order valence-corrected chi connectivity index (χ2v) is 7.68. The molecule has 2 fully saturated rings. The lowest BCUT2D eigenvalue weighted by atomic mass is 9.90. The van der Waals surface area contributed by atoms with Crippen LogP contribution in [-0.4, -0.2) is 29.7 Å². The first-order valence-corrected chi connectivity index (χ1v) is 8.63. The summed E-state index contributed by atoms with van der Waals surface area (Å²) in [5, 5.41) is 6.12. The molecule has 2 N–H and O–H groups in total. The lowest BCUT2D eigenvalue weighted by Gasteiger charge is -2.31. The van der Waals surface area contributed by atoms with Gasteiger partial charge in [0.05, 0.1) is 0 Å². The van der Waals surface area contributed by atoms with Crippen molar-refractivity contribution in [3.05, 3.63) is 0 Å². The second kappa shape index (κ2) is 7.34. The van der Waals surface area contributed by atoms with E-state index in [0.717, 1.165) is 38.5 Å². The van der Waals surface area contributed by atoms with Gasteiger partial charge < -0.3 is 15.4 Å². The van der Waals surface area contributed by atoms with Gasteiger partial charge in [-0.15, -0.1) is 0 Å². The number of carbonyl (C=O) groups is 2. The van der Waals surface area contributed by atoms with Gasteiger partial charge >= 0.3 is 6.09 Å². The smallest absolute Gasteiger partial charge is 0.407 e. The van der Waals surface area contributed by atoms with Gasteiger partial charge in [0.25, 0.3) is 0 Å². The SMILES string of the molecule is CC(C)(C)OC(=O)NC1CCC(NC(=O)C2CCCC2)CC1. The Morgan fingerprint density at radius 1 is 0.864 bits per heavy atom. The summed E-state index contributed by atoms with van der Waals surface area (Å²) in [5.74, 6) is 0.471. The van der Waals surface area contributed by atoms with Crippen LogP contribution in [0.4, 0.5) is 4.79 Å². The number of hydrogen-bond donors (Lipinski definition) is 2. The highest BCUT2D eigenvalue weighted by Crippen LogP contribution is 2.26. The number of hydrogen-bond acceptors (Lipinski definition) is 3. The third kappa shape index (κ3) is 5.50. The third-order valence-corrected chi connectivity index (χ3v) is 4.52. The van der Waals surface area contributed by atoms with Gasteiger partial charge in [0.1, 0.15) is 5.60 Å². The molecule has 2 saturated carbocycles. The monoisotopic (exact) mass is 310 g/mol. The first kappa shape index (κ1) is 17.1. The zero-order valence-electron chi connectivity index (χ0n) is 14.1. The molecule has 2 aliphatic rings. The van der Waals surface area contributed by atoms with Crippen molar-refractivity contribution in [1.82, 2.24) is 10.6 Å². The van der Waals surface area contributed by atoms with Crippen molar-refractivity contribution in [3.8, 4) is 0 Å². The molecule has 126 valence electrons. The normalized spacial score (nSPS) is 26.5. The quantitative estimate of drug-likeness (QED) is 0.841. The van der Waals surface area contributed by atoms with E-state index in [-0.39, 0.29) is 30.0 Å². The maximum Gasteiger partial charge on any atom is 0.407 e. The fraction of sp³-hybridized carbons (Fsp3) is 0.882. The minimum Gasteiger partial charge on any atom is -0.444 e. The second-order valence-electron chi connectivity index (χ2n) is 7.68. The number of carbonyl (C=O) groups excluding carboxylic acids is 2. The Labute approximate surface area is 133 Å². The molecule has 2 aliphatic carbocycles. The Morgan fingerprint density at radius 2 is 1.36 bits per heavy atom. The summed E-state index contributed by atoms with van der Waals surface area (Å²) < 4.78 is 5.28. The molecule has 0 bridgehead atoms. The van der Waals surface area contributed by atoms with Gasteiger partial charge in [0, 0.05) is 18.0 Å². The highest BCUT2D eigenvalue weighted by molar-refractivity contribution is 5.79. The van der Waals surface area contributed by atoms with E-state index in [2.05, 4.69) is 10.6 Å². The van der Waals surface area contributed by atoms with Gasteiger partial charge in [-0.1, -0.05) is 12.8 Å². The largest absolute Gasteiger partial charge is 0.444 e. The minimum atomic E-state index is -0.462. The van der Waals surface area contributed by atoms with E-state index in [4.69, 9.17) is 4.74 Å². The Kier molecular flexibility index (Phi) is 5.70. The molecular formula is C17H30N2O3. The predicted molar refractivity (Wildman–Crippen MR) is 85.5 cm³/mol. The van der Waals surface area contributed by atoms with Crippen molar-refractivity contribution >= 4 is 12.0 Å². The van der Waals surface area contributed by atoms with Crippen LogP contribution in [0.1, 0.15) is 72.1 Å². The summed E-state index contributed by atoms with van der Waals surface area (Å²) in [6.07, 6.45) is 7.77. The van der Waals surface area contributed by atoms with Gasteiger partial charge in [-0.05, 0) is 59.3 Å². The Balaban J connectivity index is 1.67. The van der Waals surface area contributed by atoms with Gasteiger partial charge in [-0.2, -0.15) is 0 Å². The van der Waals surface area contributed by atoms with Crippen LogP contribution in [0.15, 0.2) is 0 Å². The highest BCUT2D eigenvalue weighted by Gasteiger charge is 2.28. The van der Waals surface area contributed by atoms with Crippen molar-refractivity contribution in [2.24, 2.45) is 5.92 Å².